The first kappa shape index (κ1) is 11.1. The molecule has 0 saturated carbocycles. The molecule has 0 saturated heterocycles. The molecule has 1 aromatic rings. The summed E-state index contributed by atoms with van der Waals surface area (Å²) in [6.07, 6.45) is -0.858. The monoisotopic (exact) mass is 203 g/mol. The van der Waals surface area contributed by atoms with Crippen LogP contribution in [0.3, 0.4) is 0 Å². The van der Waals surface area contributed by atoms with E-state index in [9.17, 15) is 8.78 Å². The van der Waals surface area contributed by atoms with Crippen molar-refractivity contribution in [2.75, 3.05) is 6.54 Å². The van der Waals surface area contributed by atoms with Crippen LogP contribution in [-0.4, -0.2) is 22.8 Å². The van der Waals surface area contributed by atoms with Crippen LogP contribution in [0, 0.1) is 0 Å². The van der Waals surface area contributed by atoms with E-state index in [0.29, 0.717) is 18.8 Å². The third kappa shape index (κ3) is 2.29. The number of rotatable bonds is 5. The quantitative estimate of drug-likeness (QED) is 0.791. The zero-order chi connectivity index (χ0) is 10.6. The molecule has 3 nitrogen and oxygen atoms in total. The van der Waals surface area contributed by atoms with Gasteiger partial charge in [0, 0.05) is 12.7 Å². The van der Waals surface area contributed by atoms with Crippen LogP contribution in [0.5, 0.6) is 0 Å². The highest BCUT2D eigenvalue weighted by atomic mass is 19.3. The highest BCUT2D eigenvalue weighted by molar-refractivity contribution is 5.07. The number of hydrogen-bond donors (Lipinski definition) is 1. The van der Waals surface area contributed by atoms with E-state index in [2.05, 4.69) is 10.4 Å². The fourth-order valence-corrected chi connectivity index (χ4v) is 1.41. The van der Waals surface area contributed by atoms with Crippen LogP contribution < -0.4 is 5.32 Å². The lowest BCUT2D eigenvalue weighted by molar-refractivity contribution is 0.0951. The molecule has 0 fully saturated rings. The Morgan fingerprint density at radius 3 is 2.71 bits per heavy atom. The molecule has 1 heterocycles. The smallest absolute Gasteiger partial charge is 0.259 e. The van der Waals surface area contributed by atoms with Gasteiger partial charge in [-0.25, -0.2) is 8.78 Å². The molecule has 0 spiro atoms. The highest BCUT2D eigenvalue weighted by Crippen LogP contribution is 2.19. The minimum atomic E-state index is -2.41. The first-order valence-corrected chi connectivity index (χ1v) is 4.73. The maximum absolute atomic E-state index is 12.7. The van der Waals surface area contributed by atoms with Crippen molar-refractivity contribution < 1.29 is 8.78 Å². The molecule has 0 aliphatic rings. The molecule has 80 valence electrons. The molecule has 1 N–H and O–H groups in total. The van der Waals surface area contributed by atoms with E-state index in [1.54, 1.807) is 16.9 Å². The number of aromatic nitrogens is 2. The molecule has 1 atom stereocenters. The molecule has 0 aliphatic heterocycles. The van der Waals surface area contributed by atoms with Gasteiger partial charge in [0.15, 0.2) is 0 Å². The van der Waals surface area contributed by atoms with Crippen LogP contribution >= 0.6 is 0 Å². The van der Waals surface area contributed by atoms with E-state index in [1.165, 1.54) is 0 Å². The Kier molecular flexibility index (Phi) is 4.00. The number of nitrogens with one attached hydrogen (secondary N) is 1. The molecule has 5 heteroatoms. The molecule has 0 aromatic carbocycles. The molecule has 1 unspecified atom stereocenters. The van der Waals surface area contributed by atoms with Crippen molar-refractivity contribution in [3.05, 3.63) is 18.0 Å². The molecule has 0 bridgehead atoms. The van der Waals surface area contributed by atoms with Crippen LogP contribution in [0.4, 0.5) is 8.78 Å². The van der Waals surface area contributed by atoms with E-state index in [0.717, 1.165) is 0 Å². The topological polar surface area (TPSA) is 29.9 Å². The van der Waals surface area contributed by atoms with E-state index in [4.69, 9.17) is 0 Å². The van der Waals surface area contributed by atoms with E-state index in [1.807, 2.05) is 13.8 Å². The largest absolute Gasteiger partial charge is 0.304 e. The maximum atomic E-state index is 12.7. The minimum Gasteiger partial charge on any atom is -0.304 e. The fourth-order valence-electron chi connectivity index (χ4n) is 1.41. The summed E-state index contributed by atoms with van der Waals surface area (Å²) < 4.78 is 26.9. The normalized spacial score (nSPS) is 13.5. The van der Waals surface area contributed by atoms with Crippen LogP contribution in [0.25, 0.3) is 0 Å². The van der Waals surface area contributed by atoms with Crippen LogP contribution in [0.2, 0.25) is 0 Å². The van der Waals surface area contributed by atoms with Crippen molar-refractivity contribution in [2.24, 2.45) is 0 Å². The Balaban J connectivity index is 2.86. The van der Waals surface area contributed by atoms with Gasteiger partial charge in [-0.15, -0.1) is 0 Å². The summed E-state index contributed by atoms with van der Waals surface area (Å²) in [5.41, 5.74) is 0.546. The lowest BCUT2D eigenvalue weighted by atomic mass is 10.2. The average molecular weight is 203 g/mol. The first-order chi connectivity index (χ1) is 6.70. The summed E-state index contributed by atoms with van der Waals surface area (Å²) in [6, 6.07) is 0.714. The SMILES string of the molecule is CCNC(c1ccnn1CC)C(F)F. The molecular weight excluding hydrogens is 188 g/mol. The summed E-state index contributed by atoms with van der Waals surface area (Å²) in [7, 11) is 0. The standard InChI is InChI=1S/C9H15F2N3/c1-3-12-8(9(10)11)7-5-6-13-14(7)4-2/h5-6,8-9,12H,3-4H2,1-2H3. The van der Waals surface area contributed by atoms with Gasteiger partial charge < -0.3 is 5.32 Å². The Morgan fingerprint density at radius 1 is 1.50 bits per heavy atom. The number of alkyl halides is 2. The van der Waals surface area contributed by atoms with E-state index < -0.39 is 12.5 Å². The number of aryl methyl sites for hydroxylation is 1. The van der Waals surface area contributed by atoms with Crippen molar-refractivity contribution in [2.45, 2.75) is 32.9 Å². The lowest BCUT2D eigenvalue weighted by Crippen LogP contribution is -2.29. The summed E-state index contributed by atoms with van der Waals surface area (Å²) >= 11 is 0. The van der Waals surface area contributed by atoms with Gasteiger partial charge in [0.2, 0.25) is 0 Å². The zero-order valence-corrected chi connectivity index (χ0v) is 8.37. The Hall–Kier alpha value is -0.970. The molecule has 14 heavy (non-hydrogen) atoms. The van der Waals surface area contributed by atoms with Gasteiger partial charge in [-0.3, -0.25) is 4.68 Å². The molecule has 1 aromatic heterocycles. The second-order valence-corrected chi connectivity index (χ2v) is 2.94. The van der Waals surface area contributed by atoms with Gasteiger partial charge in [-0.05, 0) is 19.5 Å². The van der Waals surface area contributed by atoms with Gasteiger partial charge >= 0.3 is 0 Å². The third-order valence-corrected chi connectivity index (χ3v) is 2.04. The molecule has 0 radical (unpaired) electrons. The Bertz CT molecular complexity index is 273. The van der Waals surface area contributed by atoms with Crippen LogP contribution in [-0.2, 0) is 6.54 Å². The second kappa shape index (κ2) is 5.05. The molecule has 0 aliphatic carbocycles. The summed E-state index contributed by atoms with van der Waals surface area (Å²) in [5.74, 6) is 0. The molecule has 0 amide bonds. The number of hydrogen-bond acceptors (Lipinski definition) is 2. The fraction of sp³-hybridized carbons (Fsp3) is 0.667. The number of nitrogens with zero attached hydrogens (tertiary/aromatic N) is 2. The highest BCUT2D eigenvalue weighted by Gasteiger charge is 2.24. The van der Waals surface area contributed by atoms with E-state index >= 15 is 0 Å². The lowest BCUT2D eigenvalue weighted by Gasteiger charge is -2.17. The number of halogens is 2. The second-order valence-electron chi connectivity index (χ2n) is 2.94. The van der Waals surface area contributed by atoms with Crippen molar-refractivity contribution >= 4 is 0 Å². The Morgan fingerprint density at radius 2 is 2.21 bits per heavy atom. The minimum absolute atomic E-state index is 0.518. The third-order valence-electron chi connectivity index (χ3n) is 2.04. The van der Waals surface area contributed by atoms with Crippen molar-refractivity contribution in [1.29, 1.82) is 0 Å². The average Bonchev–Trinajstić information content (AvgIpc) is 2.61. The van der Waals surface area contributed by atoms with E-state index in [-0.39, 0.29) is 0 Å². The van der Waals surface area contributed by atoms with Crippen molar-refractivity contribution in [3.8, 4) is 0 Å². The van der Waals surface area contributed by atoms with Gasteiger partial charge in [-0.2, -0.15) is 5.10 Å². The van der Waals surface area contributed by atoms with Gasteiger partial charge in [0.05, 0.1) is 5.69 Å². The van der Waals surface area contributed by atoms with Gasteiger partial charge in [0.1, 0.15) is 6.04 Å². The van der Waals surface area contributed by atoms with Crippen LogP contribution in [0.15, 0.2) is 12.3 Å². The zero-order valence-electron chi connectivity index (χ0n) is 8.37. The summed E-state index contributed by atoms with van der Waals surface area (Å²) in [5, 5.41) is 6.71. The van der Waals surface area contributed by atoms with Crippen molar-refractivity contribution in [3.63, 3.8) is 0 Å². The summed E-state index contributed by atoms with van der Waals surface area (Å²) in [4.78, 5) is 0. The molecule has 1 rings (SSSR count). The van der Waals surface area contributed by atoms with Crippen molar-refractivity contribution in [1.82, 2.24) is 15.1 Å². The summed E-state index contributed by atoms with van der Waals surface area (Å²) in [6.45, 7) is 4.81. The van der Waals surface area contributed by atoms with Gasteiger partial charge in [0.25, 0.3) is 6.43 Å². The Labute approximate surface area is 82.1 Å². The maximum Gasteiger partial charge on any atom is 0.259 e. The predicted octanol–water partition coefficient (Wildman–Crippen LogP) is 1.82. The predicted molar refractivity (Wildman–Crippen MR) is 50.3 cm³/mol. The van der Waals surface area contributed by atoms with Crippen LogP contribution in [0.1, 0.15) is 25.6 Å². The first-order valence-electron chi connectivity index (χ1n) is 4.73. The van der Waals surface area contributed by atoms with Gasteiger partial charge in [-0.1, -0.05) is 6.92 Å². The molecular formula is C9H15F2N3.